The van der Waals surface area contributed by atoms with Crippen molar-refractivity contribution in [3.8, 4) is 0 Å². The van der Waals surface area contributed by atoms with Gasteiger partial charge in [-0.15, -0.1) is 0 Å². The number of hydrogen-bond acceptors (Lipinski definition) is 6. The quantitative estimate of drug-likeness (QED) is 0.649. The van der Waals surface area contributed by atoms with Crippen LogP contribution in [0.4, 0.5) is 0 Å². The first-order valence-corrected chi connectivity index (χ1v) is 8.83. The van der Waals surface area contributed by atoms with Gasteiger partial charge in [0.25, 0.3) is 11.5 Å². The Hall–Kier alpha value is -3.55. The molecule has 0 fully saturated rings. The van der Waals surface area contributed by atoms with Crippen LogP contribution in [-0.4, -0.2) is 39.6 Å². The number of nitrogens with one attached hydrogen (secondary N) is 1. The Morgan fingerprint density at radius 3 is 2.82 bits per heavy atom. The van der Waals surface area contributed by atoms with Crippen LogP contribution in [0.3, 0.4) is 0 Å². The van der Waals surface area contributed by atoms with Gasteiger partial charge in [-0.1, -0.05) is 6.07 Å². The normalized spacial score (nSPS) is 10.6. The van der Waals surface area contributed by atoms with Crippen LogP contribution in [0, 0.1) is 6.92 Å². The Morgan fingerprint density at radius 2 is 2.11 bits per heavy atom. The van der Waals surface area contributed by atoms with Gasteiger partial charge in [0.15, 0.2) is 0 Å². The topological polar surface area (TPSA) is 103 Å². The average molecular weight is 380 g/mol. The lowest BCUT2D eigenvalue weighted by Crippen LogP contribution is -2.31. The highest BCUT2D eigenvalue weighted by Gasteiger charge is 2.15. The van der Waals surface area contributed by atoms with E-state index in [2.05, 4.69) is 15.3 Å². The number of pyridine rings is 3. The maximum atomic E-state index is 12.9. The standard InChI is InChI=1S/C20H20N4O4/c1-3-28-18(25)11-22-19(26)15-9-16-17(23-13(15)2)6-8-24(20(16)27)12-14-5-4-7-21-10-14/h4-10H,3,11-12H2,1-2H3,(H,22,26). The molecule has 0 atom stereocenters. The van der Waals surface area contributed by atoms with Crippen molar-refractivity contribution in [2.45, 2.75) is 20.4 Å². The molecule has 0 aliphatic heterocycles. The van der Waals surface area contributed by atoms with Crippen LogP contribution in [-0.2, 0) is 16.1 Å². The van der Waals surface area contributed by atoms with E-state index in [4.69, 9.17) is 4.74 Å². The number of hydrogen-bond donors (Lipinski definition) is 1. The summed E-state index contributed by atoms with van der Waals surface area (Å²) in [6, 6.07) is 6.93. The Kier molecular flexibility index (Phi) is 5.78. The summed E-state index contributed by atoms with van der Waals surface area (Å²) in [5.74, 6) is -1.01. The summed E-state index contributed by atoms with van der Waals surface area (Å²) in [6.07, 6.45) is 5.03. The highest BCUT2D eigenvalue weighted by molar-refractivity contribution is 5.99. The molecule has 0 bridgehead atoms. The highest BCUT2D eigenvalue weighted by Crippen LogP contribution is 2.14. The van der Waals surface area contributed by atoms with Gasteiger partial charge in [-0.3, -0.25) is 24.4 Å². The second-order valence-corrected chi connectivity index (χ2v) is 6.15. The lowest BCUT2D eigenvalue weighted by atomic mass is 10.1. The molecule has 8 nitrogen and oxygen atoms in total. The number of aromatic nitrogens is 3. The molecule has 1 N–H and O–H groups in total. The Labute approximate surface area is 161 Å². The number of carbonyl (C=O) groups is 2. The molecule has 0 spiro atoms. The van der Waals surface area contributed by atoms with Crippen LogP contribution < -0.4 is 10.9 Å². The predicted molar refractivity (Wildman–Crippen MR) is 103 cm³/mol. The van der Waals surface area contributed by atoms with Crippen molar-refractivity contribution in [1.82, 2.24) is 19.9 Å². The zero-order valence-electron chi connectivity index (χ0n) is 15.6. The van der Waals surface area contributed by atoms with E-state index >= 15 is 0 Å². The van der Waals surface area contributed by atoms with Crippen molar-refractivity contribution in [1.29, 1.82) is 0 Å². The largest absolute Gasteiger partial charge is 0.465 e. The number of esters is 1. The van der Waals surface area contributed by atoms with Crippen molar-refractivity contribution in [2.24, 2.45) is 0 Å². The van der Waals surface area contributed by atoms with Gasteiger partial charge in [0.05, 0.1) is 35.3 Å². The summed E-state index contributed by atoms with van der Waals surface area (Å²) in [4.78, 5) is 45.2. The first-order valence-electron chi connectivity index (χ1n) is 8.83. The molecule has 0 radical (unpaired) electrons. The Morgan fingerprint density at radius 1 is 1.29 bits per heavy atom. The molecule has 28 heavy (non-hydrogen) atoms. The van der Waals surface area contributed by atoms with E-state index in [1.165, 1.54) is 10.6 Å². The summed E-state index contributed by atoms with van der Waals surface area (Å²) in [5.41, 5.74) is 1.85. The Bertz CT molecular complexity index is 1080. The van der Waals surface area contributed by atoms with Gasteiger partial charge in [0.1, 0.15) is 6.54 Å². The molecule has 8 heteroatoms. The summed E-state index contributed by atoms with van der Waals surface area (Å²) in [6.45, 7) is 3.72. The van der Waals surface area contributed by atoms with Crippen LogP contribution in [0.1, 0.15) is 28.5 Å². The minimum atomic E-state index is -0.527. The van der Waals surface area contributed by atoms with Crippen molar-refractivity contribution in [3.63, 3.8) is 0 Å². The molecule has 0 unspecified atom stereocenters. The fraction of sp³-hybridized carbons (Fsp3) is 0.250. The summed E-state index contributed by atoms with van der Waals surface area (Å²) in [7, 11) is 0. The SMILES string of the molecule is CCOC(=O)CNC(=O)c1cc2c(=O)n(Cc3cccnc3)ccc2nc1C. The molecule has 0 aliphatic rings. The molecule has 3 heterocycles. The number of aryl methyl sites for hydroxylation is 1. The van der Waals surface area contributed by atoms with Crippen molar-refractivity contribution in [2.75, 3.05) is 13.2 Å². The number of carbonyl (C=O) groups excluding carboxylic acids is 2. The maximum absolute atomic E-state index is 12.9. The lowest BCUT2D eigenvalue weighted by molar-refractivity contribution is -0.141. The van der Waals surface area contributed by atoms with Crippen LogP contribution >= 0.6 is 0 Å². The van der Waals surface area contributed by atoms with E-state index < -0.39 is 11.9 Å². The fourth-order valence-electron chi connectivity index (χ4n) is 2.81. The first-order chi connectivity index (χ1) is 13.5. The molecule has 144 valence electrons. The van der Waals surface area contributed by atoms with E-state index in [-0.39, 0.29) is 24.3 Å². The minimum Gasteiger partial charge on any atom is -0.465 e. The number of nitrogens with zero attached hydrogens (tertiary/aromatic N) is 3. The third kappa shape index (κ3) is 4.22. The summed E-state index contributed by atoms with van der Waals surface area (Å²) in [5, 5.41) is 2.82. The van der Waals surface area contributed by atoms with Gasteiger partial charge < -0.3 is 14.6 Å². The van der Waals surface area contributed by atoms with Gasteiger partial charge >= 0.3 is 5.97 Å². The van der Waals surface area contributed by atoms with Crippen molar-refractivity contribution in [3.05, 3.63) is 70.0 Å². The molecular formula is C20H20N4O4. The first kappa shape index (κ1) is 19.2. The number of fused-ring (bicyclic) bond motifs is 1. The van der Waals surface area contributed by atoms with E-state index in [0.717, 1.165) is 5.56 Å². The molecule has 1 amide bonds. The average Bonchev–Trinajstić information content (AvgIpc) is 2.69. The van der Waals surface area contributed by atoms with Crippen LogP contribution in [0.5, 0.6) is 0 Å². The Balaban J connectivity index is 1.91. The maximum Gasteiger partial charge on any atom is 0.325 e. The highest BCUT2D eigenvalue weighted by atomic mass is 16.5. The van der Waals surface area contributed by atoms with E-state index in [0.29, 0.717) is 23.1 Å². The van der Waals surface area contributed by atoms with Crippen LogP contribution in [0.25, 0.3) is 10.9 Å². The summed E-state index contributed by atoms with van der Waals surface area (Å²) < 4.78 is 6.33. The number of ether oxygens (including phenoxy) is 1. The van der Waals surface area contributed by atoms with E-state index in [9.17, 15) is 14.4 Å². The molecular weight excluding hydrogens is 360 g/mol. The molecule has 0 saturated carbocycles. The number of amides is 1. The van der Waals surface area contributed by atoms with Gasteiger partial charge in [-0.05, 0) is 37.6 Å². The third-order valence-electron chi connectivity index (χ3n) is 4.17. The second kappa shape index (κ2) is 8.43. The smallest absolute Gasteiger partial charge is 0.325 e. The van der Waals surface area contributed by atoms with Gasteiger partial charge in [0, 0.05) is 18.6 Å². The van der Waals surface area contributed by atoms with Crippen molar-refractivity contribution < 1.29 is 14.3 Å². The van der Waals surface area contributed by atoms with Crippen molar-refractivity contribution >= 4 is 22.8 Å². The molecule has 3 aromatic heterocycles. The molecule has 0 aliphatic carbocycles. The lowest BCUT2D eigenvalue weighted by Gasteiger charge is -2.10. The predicted octanol–water partition coefficient (Wildman–Crippen LogP) is 1.44. The molecule has 3 rings (SSSR count). The second-order valence-electron chi connectivity index (χ2n) is 6.15. The monoisotopic (exact) mass is 380 g/mol. The summed E-state index contributed by atoms with van der Waals surface area (Å²) >= 11 is 0. The van der Waals surface area contributed by atoms with Crippen LogP contribution in [0.2, 0.25) is 0 Å². The zero-order chi connectivity index (χ0) is 20.1. The molecule has 3 aromatic rings. The van der Waals surface area contributed by atoms with Gasteiger partial charge in [-0.2, -0.15) is 0 Å². The third-order valence-corrected chi connectivity index (χ3v) is 4.17. The van der Waals surface area contributed by atoms with Gasteiger partial charge in [0.2, 0.25) is 0 Å². The van der Waals surface area contributed by atoms with E-state index in [1.54, 1.807) is 44.6 Å². The van der Waals surface area contributed by atoms with Crippen LogP contribution in [0.15, 0.2) is 47.7 Å². The zero-order valence-corrected chi connectivity index (χ0v) is 15.6. The molecule has 0 saturated heterocycles. The minimum absolute atomic E-state index is 0.238. The van der Waals surface area contributed by atoms with E-state index in [1.807, 2.05) is 6.07 Å². The molecule has 0 aromatic carbocycles. The number of rotatable bonds is 6. The fourth-order valence-corrected chi connectivity index (χ4v) is 2.81. The van der Waals surface area contributed by atoms with Gasteiger partial charge in [-0.25, -0.2) is 0 Å².